The molecule has 1 aromatic heterocycles. The van der Waals surface area contributed by atoms with Crippen LogP contribution in [0.5, 0.6) is 0 Å². The molecule has 0 unspecified atom stereocenters. The van der Waals surface area contributed by atoms with Crippen LogP contribution >= 0.6 is 11.8 Å². The zero-order valence-corrected chi connectivity index (χ0v) is 14.7. The number of hydrogen-bond acceptors (Lipinski definition) is 4. The second-order valence-corrected chi connectivity index (χ2v) is 6.58. The standard InChI is InChI=1S/C19H18FN3O2S/c20-15-7-4-8-16(9-15)21-18(25)13-26-19-22-17(12-24)11-23(19)10-14-5-2-1-3-6-14/h1-9,11,24H,10,12-13H2,(H,21,25). The first-order valence-corrected chi connectivity index (χ1v) is 9.01. The fraction of sp³-hybridized carbons (Fsp3) is 0.158. The number of aromatic nitrogens is 2. The van der Waals surface area contributed by atoms with E-state index in [-0.39, 0.29) is 18.3 Å². The lowest BCUT2D eigenvalue weighted by atomic mass is 10.2. The summed E-state index contributed by atoms with van der Waals surface area (Å²) in [5.41, 5.74) is 2.06. The predicted molar refractivity (Wildman–Crippen MR) is 99.4 cm³/mol. The van der Waals surface area contributed by atoms with E-state index in [2.05, 4.69) is 10.3 Å². The van der Waals surface area contributed by atoms with E-state index in [0.717, 1.165) is 5.56 Å². The first-order valence-electron chi connectivity index (χ1n) is 8.03. The Morgan fingerprint density at radius 3 is 2.73 bits per heavy atom. The highest BCUT2D eigenvalue weighted by Gasteiger charge is 2.12. The van der Waals surface area contributed by atoms with Gasteiger partial charge in [-0.2, -0.15) is 0 Å². The Hall–Kier alpha value is -2.64. The summed E-state index contributed by atoms with van der Waals surface area (Å²) in [6.07, 6.45) is 1.78. The Kier molecular flexibility index (Phi) is 6.04. The van der Waals surface area contributed by atoms with E-state index in [9.17, 15) is 14.3 Å². The molecule has 0 aliphatic rings. The largest absolute Gasteiger partial charge is 0.390 e. The van der Waals surface area contributed by atoms with Crippen LogP contribution in [0, 0.1) is 5.82 Å². The molecule has 0 radical (unpaired) electrons. The van der Waals surface area contributed by atoms with Crippen LogP contribution in [0.25, 0.3) is 0 Å². The first-order chi connectivity index (χ1) is 12.6. The average Bonchev–Trinajstić information content (AvgIpc) is 3.03. The number of thioether (sulfide) groups is 1. The van der Waals surface area contributed by atoms with Gasteiger partial charge in [0.25, 0.3) is 0 Å². The number of halogens is 1. The zero-order chi connectivity index (χ0) is 18.4. The van der Waals surface area contributed by atoms with Crippen molar-refractivity contribution in [2.45, 2.75) is 18.3 Å². The van der Waals surface area contributed by atoms with Crippen molar-refractivity contribution in [1.29, 1.82) is 0 Å². The van der Waals surface area contributed by atoms with Crippen molar-refractivity contribution in [3.8, 4) is 0 Å². The number of imidazole rings is 1. The van der Waals surface area contributed by atoms with Gasteiger partial charge >= 0.3 is 0 Å². The fourth-order valence-electron chi connectivity index (χ4n) is 2.43. The summed E-state index contributed by atoms with van der Waals surface area (Å²) in [5, 5.41) is 12.6. The quantitative estimate of drug-likeness (QED) is 0.626. The smallest absolute Gasteiger partial charge is 0.234 e. The molecule has 1 heterocycles. The molecule has 2 aromatic carbocycles. The van der Waals surface area contributed by atoms with Crippen LogP contribution in [-0.2, 0) is 17.9 Å². The second kappa shape index (κ2) is 8.64. The third-order valence-corrected chi connectivity index (χ3v) is 4.58. The Bertz CT molecular complexity index is 884. The van der Waals surface area contributed by atoms with Gasteiger partial charge in [0, 0.05) is 18.4 Å². The normalized spacial score (nSPS) is 10.7. The highest BCUT2D eigenvalue weighted by molar-refractivity contribution is 7.99. The molecule has 3 aromatic rings. The van der Waals surface area contributed by atoms with Gasteiger partial charge in [0.05, 0.1) is 18.1 Å². The van der Waals surface area contributed by atoms with Gasteiger partial charge in [-0.1, -0.05) is 48.2 Å². The van der Waals surface area contributed by atoms with Crippen LogP contribution in [0.3, 0.4) is 0 Å². The summed E-state index contributed by atoms with van der Waals surface area (Å²) < 4.78 is 15.1. The van der Waals surface area contributed by atoms with E-state index < -0.39 is 5.82 Å². The van der Waals surface area contributed by atoms with Gasteiger partial charge in [-0.15, -0.1) is 0 Å². The molecule has 5 nitrogen and oxygen atoms in total. The zero-order valence-electron chi connectivity index (χ0n) is 13.9. The monoisotopic (exact) mass is 371 g/mol. The summed E-state index contributed by atoms with van der Waals surface area (Å²) in [5.74, 6) is -0.519. The number of carbonyl (C=O) groups is 1. The lowest BCUT2D eigenvalue weighted by molar-refractivity contribution is -0.113. The van der Waals surface area contributed by atoms with Crippen LogP contribution in [-0.4, -0.2) is 26.3 Å². The minimum Gasteiger partial charge on any atom is -0.390 e. The van der Waals surface area contributed by atoms with Crippen molar-refractivity contribution in [2.24, 2.45) is 0 Å². The Morgan fingerprint density at radius 2 is 2.00 bits per heavy atom. The number of nitrogens with zero attached hydrogens (tertiary/aromatic N) is 2. The van der Waals surface area contributed by atoms with E-state index >= 15 is 0 Å². The molecule has 0 aliphatic carbocycles. The topological polar surface area (TPSA) is 67.1 Å². The maximum Gasteiger partial charge on any atom is 0.234 e. The highest BCUT2D eigenvalue weighted by atomic mass is 32.2. The summed E-state index contributed by atoms with van der Waals surface area (Å²) in [6, 6.07) is 15.6. The van der Waals surface area contributed by atoms with Crippen molar-refractivity contribution in [3.63, 3.8) is 0 Å². The number of aliphatic hydroxyl groups excluding tert-OH is 1. The van der Waals surface area contributed by atoms with Crippen molar-refractivity contribution < 1.29 is 14.3 Å². The van der Waals surface area contributed by atoms with Crippen molar-refractivity contribution >= 4 is 23.4 Å². The fourth-order valence-corrected chi connectivity index (χ4v) is 3.23. The van der Waals surface area contributed by atoms with Gasteiger partial charge in [-0.05, 0) is 23.8 Å². The Labute approximate surface area is 154 Å². The Balaban J connectivity index is 1.65. The van der Waals surface area contributed by atoms with E-state index in [1.54, 1.807) is 12.3 Å². The number of hydrogen-bond donors (Lipinski definition) is 2. The molecule has 26 heavy (non-hydrogen) atoms. The molecule has 0 aliphatic heterocycles. The SMILES string of the molecule is O=C(CSc1nc(CO)cn1Cc1ccccc1)Nc1cccc(F)c1. The number of aliphatic hydroxyl groups is 1. The van der Waals surface area contributed by atoms with Gasteiger partial charge < -0.3 is 15.0 Å². The number of anilines is 1. The number of amides is 1. The summed E-state index contributed by atoms with van der Waals surface area (Å²) in [4.78, 5) is 16.5. The van der Waals surface area contributed by atoms with Gasteiger partial charge in [-0.3, -0.25) is 4.79 Å². The van der Waals surface area contributed by atoms with Crippen LogP contribution in [0.2, 0.25) is 0 Å². The highest BCUT2D eigenvalue weighted by Crippen LogP contribution is 2.20. The third kappa shape index (κ3) is 4.93. The van der Waals surface area contributed by atoms with Crippen molar-refractivity contribution in [2.75, 3.05) is 11.1 Å². The van der Waals surface area contributed by atoms with E-state index in [1.165, 1.54) is 30.0 Å². The molecular weight excluding hydrogens is 353 g/mol. The predicted octanol–water partition coefficient (Wildman–Crippen LogP) is 3.29. The van der Waals surface area contributed by atoms with Crippen LogP contribution in [0.4, 0.5) is 10.1 Å². The van der Waals surface area contributed by atoms with Crippen LogP contribution in [0.1, 0.15) is 11.3 Å². The Morgan fingerprint density at radius 1 is 1.19 bits per heavy atom. The third-order valence-electron chi connectivity index (χ3n) is 3.59. The number of rotatable bonds is 7. The molecule has 1 amide bonds. The van der Waals surface area contributed by atoms with Crippen LogP contribution < -0.4 is 5.32 Å². The molecule has 7 heteroatoms. The number of benzene rings is 2. The lowest BCUT2D eigenvalue weighted by Crippen LogP contribution is -2.14. The van der Waals surface area contributed by atoms with Gasteiger partial charge in [0.15, 0.2) is 5.16 Å². The first kappa shape index (κ1) is 18.2. The molecule has 0 fully saturated rings. The molecule has 3 rings (SSSR count). The number of nitrogens with one attached hydrogen (secondary N) is 1. The average molecular weight is 371 g/mol. The van der Waals surface area contributed by atoms with Gasteiger partial charge in [0.2, 0.25) is 5.91 Å². The summed E-state index contributed by atoms with van der Waals surface area (Å²) >= 11 is 1.27. The number of carbonyl (C=O) groups excluding carboxylic acids is 1. The molecular formula is C19H18FN3O2S. The molecule has 0 atom stereocenters. The molecule has 0 bridgehead atoms. The van der Waals surface area contributed by atoms with E-state index in [4.69, 9.17) is 0 Å². The van der Waals surface area contributed by atoms with Crippen molar-refractivity contribution in [1.82, 2.24) is 9.55 Å². The summed E-state index contributed by atoms with van der Waals surface area (Å²) in [7, 11) is 0. The maximum absolute atomic E-state index is 13.2. The summed E-state index contributed by atoms with van der Waals surface area (Å²) in [6.45, 7) is 0.437. The van der Waals surface area contributed by atoms with E-state index in [0.29, 0.717) is 23.1 Å². The minimum absolute atomic E-state index is 0.132. The molecule has 2 N–H and O–H groups in total. The lowest BCUT2D eigenvalue weighted by Gasteiger charge is -2.08. The molecule has 0 saturated heterocycles. The second-order valence-electron chi connectivity index (χ2n) is 5.63. The van der Waals surface area contributed by atoms with Crippen molar-refractivity contribution in [3.05, 3.63) is 77.9 Å². The maximum atomic E-state index is 13.2. The van der Waals surface area contributed by atoms with E-state index in [1.807, 2.05) is 34.9 Å². The van der Waals surface area contributed by atoms with Gasteiger partial charge in [-0.25, -0.2) is 9.37 Å². The minimum atomic E-state index is -0.401. The molecule has 134 valence electrons. The molecule has 0 saturated carbocycles. The van der Waals surface area contributed by atoms with Crippen LogP contribution in [0.15, 0.2) is 66.0 Å². The van der Waals surface area contributed by atoms with Gasteiger partial charge in [0.1, 0.15) is 5.82 Å². The molecule has 0 spiro atoms.